The molecule has 0 unspecified atom stereocenters. The van der Waals surface area contributed by atoms with E-state index < -0.39 is 7.38 Å². The summed E-state index contributed by atoms with van der Waals surface area (Å²) in [5.74, 6) is 0. The maximum atomic E-state index is 7.00. The lowest BCUT2D eigenvalue weighted by atomic mass is 11.8. The molecular weight excluding hydrogens is 163 g/mol. The van der Waals surface area contributed by atoms with Crippen molar-refractivity contribution in [1.29, 1.82) is 0 Å². The molecule has 0 aliphatic rings. The summed E-state index contributed by atoms with van der Waals surface area (Å²) in [7, 11) is -0.394. The van der Waals surface area contributed by atoms with E-state index in [-0.39, 0.29) is 0 Å². The zero-order valence-corrected chi connectivity index (χ0v) is 7.92. The first kappa shape index (κ1) is 11.5. The largest absolute Gasteiger partial charge is 0.400 e. The third kappa shape index (κ3) is 15.9. The molecule has 0 aromatic rings. The van der Waals surface area contributed by atoms with E-state index in [1.807, 2.05) is 13.1 Å². The van der Waals surface area contributed by atoms with E-state index in [0.29, 0.717) is 5.50 Å². The van der Waals surface area contributed by atoms with E-state index >= 15 is 0 Å². The van der Waals surface area contributed by atoms with Crippen LogP contribution in [0.25, 0.3) is 0 Å². The number of aliphatic hydroxyl groups excluding tert-OH is 1. The van der Waals surface area contributed by atoms with Gasteiger partial charge in [0.1, 0.15) is 0 Å². The second kappa shape index (κ2) is 5.89. The molecule has 1 nitrogen and oxygen atoms in total. The second-order valence-corrected chi connectivity index (χ2v) is 9.43. The Kier molecular flexibility index (Phi) is 8.49. The SMILES string of the molecule is CO.C[Si](C)(Cl)CCl. The van der Waals surface area contributed by atoms with Crippen LogP contribution in [0.5, 0.6) is 0 Å². The molecule has 4 heteroatoms. The molecule has 0 fully saturated rings. The third-order valence-electron chi connectivity index (χ3n) is 0.318. The van der Waals surface area contributed by atoms with E-state index in [9.17, 15) is 0 Å². The molecule has 0 amide bonds. The van der Waals surface area contributed by atoms with Gasteiger partial charge in [0, 0.05) is 12.6 Å². The van der Waals surface area contributed by atoms with Crippen LogP contribution >= 0.6 is 22.7 Å². The molecule has 0 rings (SSSR count). The molecule has 0 heterocycles. The van der Waals surface area contributed by atoms with Gasteiger partial charge in [0.05, 0.1) is 0 Å². The highest BCUT2D eigenvalue weighted by molar-refractivity contribution is 7.21. The van der Waals surface area contributed by atoms with Crippen molar-refractivity contribution >= 4 is 30.1 Å². The Morgan fingerprint density at radius 1 is 1.38 bits per heavy atom. The number of aliphatic hydroxyl groups is 1. The number of hydrogen-bond donors (Lipinski definition) is 1. The van der Waals surface area contributed by atoms with Crippen molar-refractivity contribution in [2.24, 2.45) is 0 Å². The van der Waals surface area contributed by atoms with Crippen LogP contribution in [0, 0.1) is 0 Å². The summed E-state index contributed by atoms with van der Waals surface area (Å²) in [4.78, 5) is 0. The average molecular weight is 175 g/mol. The van der Waals surface area contributed by atoms with Crippen LogP contribution in [0.4, 0.5) is 0 Å². The van der Waals surface area contributed by atoms with Crippen molar-refractivity contribution in [2.45, 2.75) is 13.1 Å². The summed E-state index contributed by atoms with van der Waals surface area (Å²) in [6.07, 6.45) is 0. The van der Waals surface area contributed by atoms with E-state index in [1.165, 1.54) is 0 Å². The Bertz CT molecular complexity index is 43.8. The first-order valence-corrected chi connectivity index (χ1v) is 7.01. The zero-order chi connectivity index (χ0) is 7.21. The van der Waals surface area contributed by atoms with Gasteiger partial charge in [0.25, 0.3) is 0 Å². The minimum Gasteiger partial charge on any atom is -0.400 e. The van der Waals surface area contributed by atoms with Crippen molar-refractivity contribution < 1.29 is 5.11 Å². The Morgan fingerprint density at radius 2 is 1.50 bits per heavy atom. The predicted molar refractivity (Wildman–Crippen MR) is 42.2 cm³/mol. The number of alkyl halides is 1. The molecule has 0 spiro atoms. The van der Waals surface area contributed by atoms with Gasteiger partial charge < -0.3 is 5.11 Å². The van der Waals surface area contributed by atoms with Crippen molar-refractivity contribution in [3.63, 3.8) is 0 Å². The highest BCUT2D eigenvalue weighted by Gasteiger charge is 2.13. The van der Waals surface area contributed by atoms with Crippen molar-refractivity contribution in [2.75, 3.05) is 12.6 Å². The summed E-state index contributed by atoms with van der Waals surface area (Å²) in [6.45, 7) is 4.03. The summed E-state index contributed by atoms with van der Waals surface area (Å²) in [5, 5.41) is 7.00. The molecule has 1 N–H and O–H groups in total. The van der Waals surface area contributed by atoms with Crippen LogP contribution in [-0.2, 0) is 0 Å². The molecule has 0 saturated carbocycles. The molecule has 0 bridgehead atoms. The van der Waals surface area contributed by atoms with Gasteiger partial charge in [0.2, 0.25) is 0 Å². The lowest BCUT2D eigenvalue weighted by Crippen LogP contribution is -2.18. The second-order valence-electron chi connectivity index (χ2n) is 1.85. The monoisotopic (exact) mass is 174 g/mol. The maximum Gasteiger partial charge on any atom is 0.164 e. The van der Waals surface area contributed by atoms with Gasteiger partial charge in [-0.25, -0.2) is 0 Å². The van der Waals surface area contributed by atoms with Gasteiger partial charge in [-0.15, -0.1) is 11.6 Å². The molecule has 0 radical (unpaired) electrons. The van der Waals surface area contributed by atoms with Gasteiger partial charge in [-0.05, 0) is 0 Å². The first-order chi connectivity index (χ1) is 3.56. The van der Waals surface area contributed by atoms with Gasteiger partial charge in [0.15, 0.2) is 7.38 Å². The lowest BCUT2D eigenvalue weighted by Gasteiger charge is -2.03. The van der Waals surface area contributed by atoms with Gasteiger partial charge >= 0.3 is 0 Å². The minimum atomic E-state index is -1.39. The third-order valence-corrected chi connectivity index (χ3v) is 3.77. The van der Waals surface area contributed by atoms with Crippen LogP contribution in [0.1, 0.15) is 0 Å². The van der Waals surface area contributed by atoms with Gasteiger partial charge in [-0.1, -0.05) is 13.1 Å². The number of halogens is 2. The minimum absolute atomic E-state index is 0.647. The summed E-state index contributed by atoms with van der Waals surface area (Å²) in [5.41, 5.74) is 0.647. The molecule has 8 heavy (non-hydrogen) atoms. The molecule has 0 aromatic carbocycles. The quantitative estimate of drug-likeness (QED) is 0.366. The smallest absolute Gasteiger partial charge is 0.164 e. The Labute approximate surface area is 61.3 Å². The standard InChI is InChI=1S/C3H8Cl2Si.CH4O/c1-6(2,5)3-4;1-2/h3H2,1-2H3;2H,1H3. The topological polar surface area (TPSA) is 20.2 Å². The molecule has 0 saturated heterocycles. The van der Waals surface area contributed by atoms with Crippen LogP contribution in [0.2, 0.25) is 13.1 Å². The molecular formula is C4H12Cl2OSi. The Hall–Kier alpha value is 0.757. The van der Waals surface area contributed by atoms with Crippen LogP contribution in [0.15, 0.2) is 0 Å². The summed E-state index contributed by atoms with van der Waals surface area (Å²) in [6, 6.07) is 0. The van der Waals surface area contributed by atoms with Crippen LogP contribution < -0.4 is 0 Å². The molecule has 0 aromatic heterocycles. The lowest BCUT2D eigenvalue weighted by molar-refractivity contribution is 0.399. The summed E-state index contributed by atoms with van der Waals surface area (Å²) < 4.78 is 0. The fraction of sp³-hybridized carbons (Fsp3) is 1.00. The van der Waals surface area contributed by atoms with Crippen LogP contribution in [0.3, 0.4) is 0 Å². The van der Waals surface area contributed by atoms with Crippen molar-refractivity contribution in [3.05, 3.63) is 0 Å². The zero-order valence-electron chi connectivity index (χ0n) is 5.41. The van der Waals surface area contributed by atoms with E-state index in [0.717, 1.165) is 7.11 Å². The normalized spacial score (nSPS) is 9.75. The molecule has 0 aliphatic heterocycles. The van der Waals surface area contributed by atoms with Gasteiger partial charge in [-0.2, -0.15) is 11.1 Å². The van der Waals surface area contributed by atoms with Crippen LogP contribution in [-0.4, -0.2) is 25.1 Å². The maximum absolute atomic E-state index is 7.00. The van der Waals surface area contributed by atoms with Crippen molar-refractivity contribution in [3.8, 4) is 0 Å². The van der Waals surface area contributed by atoms with E-state index in [4.69, 9.17) is 27.8 Å². The number of hydrogen-bond acceptors (Lipinski definition) is 1. The van der Waals surface area contributed by atoms with E-state index in [1.54, 1.807) is 0 Å². The van der Waals surface area contributed by atoms with Crippen molar-refractivity contribution in [1.82, 2.24) is 0 Å². The Morgan fingerprint density at radius 3 is 1.50 bits per heavy atom. The summed E-state index contributed by atoms with van der Waals surface area (Å²) >= 11 is 11.1. The molecule has 0 aliphatic carbocycles. The number of rotatable bonds is 1. The van der Waals surface area contributed by atoms with Gasteiger partial charge in [-0.3, -0.25) is 0 Å². The fourth-order valence-electron chi connectivity index (χ4n) is 0. The highest BCUT2D eigenvalue weighted by Crippen LogP contribution is 2.07. The average Bonchev–Trinajstić information content (AvgIpc) is 1.71. The Balaban J connectivity index is 0. The van der Waals surface area contributed by atoms with E-state index in [2.05, 4.69) is 0 Å². The first-order valence-electron chi connectivity index (χ1n) is 2.26. The molecule has 0 atom stereocenters. The predicted octanol–water partition coefficient (Wildman–Crippen LogP) is 1.82. The highest BCUT2D eigenvalue weighted by atomic mass is 35.6. The molecule has 52 valence electrons. The fourth-order valence-corrected chi connectivity index (χ4v) is 0.